The van der Waals surface area contributed by atoms with Gasteiger partial charge in [0, 0.05) is 34.8 Å². The number of aromatic nitrogens is 6. The lowest BCUT2D eigenvalue weighted by Crippen LogP contribution is -2.50. The molecule has 6 rings (SSSR count). The first kappa shape index (κ1) is 24.7. The van der Waals surface area contributed by atoms with Crippen LogP contribution in [0.3, 0.4) is 0 Å². The molecule has 1 aliphatic carbocycles. The molecule has 1 aromatic carbocycles. The zero-order chi connectivity index (χ0) is 25.2. The van der Waals surface area contributed by atoms with Gasteiger partial charge in [-0.15, -0.1) is 26.7 Å². The van der Waals surface area contributed by atoms with Crippen LogP contribution in [0, 0.1) is 9.12 Å². The summed E-state index contributed by atoms with van der Waals surface area (Å²) >= 11 is 2.82. The molecular weight excluding hydrogens is 607 g/mol. The second-order valence-corrected chi connectivity index (χ2v) is 14.7. The molecule has 0 bridgehead atoms. The van der Waals surface area contributed by atoms with E-state index in [9.17, 15) is 4.55 Å². The van der Waals surface area contributed by atoms with Crippen LogP contribution in [-0.4, -0.2) is 58.4 Å². The predicted molar refractivity (Wildman–Crippen MR) is 153 cm³/mol. The number of fused-ring (bicyclic) bond motifs is 4. The molecule has 12 heteroatoms. The number of halogens is 1. The summed E-state index contributed by atoms with van der Waals surface area (Å²) in [7, 11) is 0. The highest BCUT2D eigenvalue weighted by Crippen LogP contribution is 2.53. The van der Waals surface area contributed by atoms with Crippen molar-refractivity contribution in [3.8, 4) is 0 Å². The fourth-order valence-corrected chi connectivity index (χ4v) is 7.54. The van der Waals surface area contributed by atoms with E-state index >= 15 is 0 Å². The van der Waals surface area contributed by atoms with Crippen LogP contribution in [0.5, 0.6) is 0 Å². The first-order valence-corrected chi connectivity index (χ1v) is 15.5. The third kappa shape index (κ3) is 3.99. The third-order valence-corrected chi connectivity index (χ3v) is 10.6. The Morgan fingerprint density at radius 1 is 1.28 bits per heavy atom. The van der Waals surface area contributed by atoms with Crippen molar-refractivity contribution in [1.82, 2.24) is 34.5 Å². The van der Waals surface area contributed by atoms with Crippen molar-refractivity contribution in [1.29, 1.82) is 0 Å². The van der Waals surface area contributed by atoms with E-state index < -0.39 is 11.4 Å². The molecule has 9 nitrogen and oxygen atoms in total. The van der Waals surface area contributed by atoms with Gasteiger partial charge in [0.1, 0.15) is 14.8 Å². The molecule has 0 radical (unpaired) electrons. The Hall–Kier alpha value is -1.61. The van der Waals surface area contributed by atoms with Crippen LogP contribution in [-0.2, 0) is 17.8 Å². The average Bonchev–Trinajstić information content (AvgIpc) is 3.55. The Morgan fingerprint density at radius 2 is 2.06 bits per heavy atom. The number of anilines is 1. The van der Waals surface area contributed by atoms with E-state index in [1.165, 1.54) is 16.0 Å². The molecule has 4 heterocycles. The maximum Gasteiger partial charge on any atom is 0.214 e. The van der Waals surface area contributed by atoms with Crippen LogP contribution in [0.1, 0.15) is 50.8 Å². The van der Waals surface area contributed by atoms with Gasteiger partial charge in [0.25, 0.3) is 0 Å². The van der Waals surface area contributed by atoms with Gasteiger partial charge < -0.3 is 9.45 Å². The van der Waals surface area contributed by atoms with Crippen LogP contribution < -0.4 is 9.62 Å². The van der Waals surface area contributed by atoms with Gasteiger partial charge in [-0.05, 0) is 92.1 Å². The smallest absolute Gasteiger partial charge is 0.214 e. The molecule has 2 aliphatic rings. The summed E-state index contributed by atoms with van der Waals surface area (Å²) in [6.45, 7) is 7.78. The normalized spacial score (nSPS) is 20.5. The monoisotopic (exact) mass is 636 g/mol. The van der Waals surface area contributed by atoms with Crippen molar-refractivity contribution in [2.24, 2.45) is 5.41 Å². The van der Waals surface area contributed by atoms with E-state index in [-0.39, 0.29) is 16.2 Å². The van der Waals surface area contributed by atoms with Crippen LogP contribution in [0.2, 0.25) is 0 Å². The SMILES string of the molecule is CSc1ccc2c(c1)[C@@H](N[S+]([O-])C(C)(C)C)C1(CCN(c3nc4n[nH]c(I)c4c4nncn34)CC1)C2. The number of hydrogen-bond acceptors (Lipinski definition) is 8. The van der Waals surface area contributed by atoms with Crippen molar-refractivity contribution in [2.75, 3.05) is 24.2 Å². The molecule has 1 saturated heterocycles. The molecule has 0 amide bonds. The predicted octanol–water partition coefficient (Wildman–Crippen LogP) is 4.26. The molecule has 4 aromatic rings. The van der Waals surface area contributed by atoms with E-state index in [0.29, 0.717) is 5.65 Å². The van der Waals surface area contributed by atoms with Gasteiger partial charge in [-0.25, -0.2) is 0 Å². The summed E-state index contributed by atoms with van der Waals surface area (Å²) in [5.74, 6) is 0.822. The van der Waals surface area contributed by atoms with Crippen LogP contribution in [0.25, 0.3) is 16.7 Å². The summed E-state index contributed by atoms with van der Waals surface area (Å²) in [6.07, 6.45) is 6.77. The number of benzene rings is 1. The van der Waals surface area contributed by atoms with Gasteiger partial charge in [0.05, 0.1) is 11.4 Å². The molecular formula is C24H29IN8OS2. The maximum absolute atomic E-state index is 13.3. The molecule has 1 unspecified atom stereocenters. The largest absolute Gasteiger partial charge is 0.598 e. The van der Waals surface area contributed by atoms with E-state index in [1.807, 2.05) is 25.2 Å². The fraction of sp³-hybridized carbons (Fsp3) is 0.500. The first-order valence-electron chi connectivity index (χ1n) is 12.0. The molecule has 1 spiro atoms. The van der Waals surface area contributed by atoms with E-state index in [2.05, 4.69) is 77.1 Å². The molecule has 2 N–H and O–H groups in total. The highest BCUT2D eigenvalue weighted by molar-refractivity contribution is 14.1. The van der Waals surface area contributed by atoms with E-state index in [0.717, 1.165) is 53.0 Å². The Morgan fingerprint density at radius 3 is 2.78 bits per heavy atom. The van der Waals surface area contributed by atoms with Crippen LogP contribution in [0.4, 0.5) is 5.95 Å². The lowest BCUT2D eigenvalue weighted by Gasteiger charge is -2.44. The van der Waals surface area contributed by atoms with Crippen molar-refractivity contribution in [2.45, 2.75) is 55.7 Å². The third-order valence-electron chi connectivity index (χ3n) is 7.54. The summed E-state index contributed by atoms with van der Waals surface area (Å²) < 4.78 is 19.4. The number of hydrogen-bond donors (Lipinski definition) is 2. The quantitative estimate of drug-likeness (QED) is 0.194. The minimum absolute atomic E-state index is 0.00882. The number of thioether (sulfide) groups is 1. The Bertz CT molecular complexity index is 1440. The number of piperidine rings is 1. The van der Waals surface area contributed by atoms with Crippen molar-refractivity contribution < 1.29 is 4.55 Å². The fourth-order valence-electron chi connectivity index (χ4n) is 5.55. The lowest BCUT2D eigenvalue weighted by atomic mass is 9.73. The second-order valence-electron chi connectivity index (χ2n) is 10.7. The number of nitrogens with one attached hydrogen (secondary N) is 2. The van der Waals surface area contributed by atoms with E-state index in [4.69, 9.17) is 4.98 Å². The zero-order valence-electron chi connectivity index (χ0n) is 20.7. The van der Waals surface area contributed by atoms with Crippen LogP contribution in [0.15, 0.2) is 29.4 Å². The average molecular weight is 637 g/mol. The van der Waals surface area contributed by atoms with Gasteiger partial charge in [0.2, 0.25) is 5.95 Å². The van der Waals surface area contributed by atoms with Crippen molar-refractivity contribution in [3.63, 3.8) is 0 Å². The van der Waals surface area contributed by atoms with Crippen molar-refractivity contribution in [3.05, 3.63) is 39.4 Å². The number of aromatic amines is 1. The summed E-state index contributed by atoms with van der Waals surface area (Å²) in [6, 6.07) is 6.84. The Balaban J connectivity index is 1.33. The van der Waals surface area contributed by atoms with Gasteiger partial charge in [0.15, 0.2) is 11.3 Å². The van der Waals surface area contributed by atoms with Gasteiger partial charge in [-0.1, -0.05) is 6.07 Å². The highest BCUT2D eigenvalue weighted by atomic mass is 127. The zero-order valence-corrected chi connectivity index (χ0v) is 24.5. The summed E-state index contributed by atoms with van der Waals surface area (Å²) in [4.78, 5) is 8.46. The van der Waals surface area contributed by atoms with Crippen molar-refractivity contribution >= 4 is 68.3 Å². The molecule has 36 heavy (non-hydrogen) atoms. The molecule has 190 valence electrons. The molecule has 1 fully saturated rings. The maximum atomic E-state index is 13.3. The molecule has 1 aliphatic heterocycles. The molecule has 2 atom stereocenters. The summed E-state index contributed by atoms with van der Waals surface area (Å²) in [5, 5.41) is 16.8. The Labute approximate surface area is 231 Å². The highest BCUT2D eigenvalue weighted by Gasteiger charge is 2.50. The Kier molecular flexibility index (Phi) is 6.18. The van der Waals surface area contributed by atoms with E-state index in [1.54, 1.807) is 18.1 Å². The molecule has 0 saturated carbocycles. The van der Waals surface area contributed by atoms with Gasteiger partial charge >= 0.3 is 0 Å². The van der Waals surface area contributed by atoms with Gasteiger partial charge in [-0.2, -0.15) is 10.1 Å². The summed E-state index contributed by atoms with van der Waals surface area (Å²) in [5.41, 5.74) is 4.12. The van der Waals surface area contributed by atoms with Crippen LogP contribution >= 0.6 is 34.4 Å². The number of nitrogens with zero attached hydrogens (tertiary/aromatic N) is 6. The second kappa shape index (κ2) is 9.00. The standard InChI is InChI=1S/C24H29IN8OS2/c1-23(2,3)36(34)31-18-16-11-15(35-4)6-5-14(16)12-24(18)7-9-32(10-8-24)22-27-20-17(19(25)28-29-20)21-30-26-13-33(21)22/h5-6,11,13,18,31H,7-10,12H2,1-4H3,(H,28,29)/t18-,36?/m1/s1. The van der Waals surface area contributed by atoms with Gasteiger partial charge in [-0.3, -0.25) is 9.50 Å². The number of rotatable bonds is 4. The molecule has 3 aromatic heterocycles. The minimum Gasteiger partial charge on any atom is -0.598 e. The first-order chi connectivity index (χ1) is 17.2. The lowest BCUT2D eigenvalue weighted by molar-refractivity contribution is 0.175. The number of H-pyrrole nitrogens is 1. The topological polar surface area (TPSA) is 110 Å². The minimum atomic E-state index is -1.16.